The van der Waals surface area contributed by atoms with E-state index in [0.717, 1.165) is 16.9 Å². The molecule has 0 saturated carbocycles. The molecule has 7 nitrogen and oxygen atoms in total. The van der Waals surface area contributed by atoms with Crippen LogP contribution in [0.4, 0.5) is 17.1 Å². The van der Waals surface area contributed by atoms with Gasteiger partial charge in [0.25, 0.3) is 0 Å². The fraction of sp³-hybridized carbons (Fsp3) is 0.200. The monoisotopic (exact) mass is 556 g/mol. The number of carbonyl (C=O) groups excluding carboxylic acids is 4. The molecule has 0 bridgehead atoms. The minimum absolute atomic E-state index is 0.0517. The van der Waals surface area contributed by atoms with Crippen molar-refractivity contribution in [3.8, 4) is 5.75 Å². The molecule has 4 aliphatic rings. The highest BCUT2D eigenvalue weighted by Gasteiger charge is 2.56. The Kier molecular flexibility index (Phi) is 6.04. The van der Waals surface area contributed by atoms with Crippen molar-refractivity contribution in [1.29, 1.82) is 0 Å². The highest BCUT2D eigenvalue weighted by atomic mass is 16.3. The first-order valence-corrected chi connectivity index (χ1v) is 14.1. The number of anilines is 3. The molecule has 0 aromatic heterocycles. The number of Topliss-reactive ketones (excluding diaryl/α,β-unsaturated/α-hetero) is 1. The Balaban J connectivity index is 1.25. The predicted octanol–water partition coefficient (Wildman–Crippen LogP) is 5.77. The Hall–Kier alpha value is -5.04. The Morgan fingerprint density at radius 1 is 0.833 bits per heavy atom. The van der Waals surface area contributed by atoms with Crippen LogP contribution in [0, 0.1) is 17.8 Å². The number of fused-ring (bicyclic) bond motifs is 3. The van der Waals surface area contributed by atoms with Crippen molar-refractivity contribution in [2.45, 2.75) is 25.7 Å². The van der Waals surface area contributed by atoms with Gasteiger partial charge in [-0.25, -0.2) is 0 Å². The number of carbonyl (C=O) groups is 4. The molecule has 1 aliphatic heterocycles. The molecule has 4 atom stereocenters. The van der Waals surface area contributed by atoms with Gasteiger partial charge in [-0.1, -0.05) is 42.0 Å². The largest absolute Gasteiger partial charge is 0.508 e. The van der Waals surface area contributed by atoms with Crippen molar-refractivity contribution < 1.29 is 24.3 Å². The number of allylic oxidation sites excluding steroid dienone is 6. The molecule has 1 saturated heterocycles. The summed E-state index contributed by atoms with van der Waals surface area (Å²) in [6.07, 6.45) is 3.95. The number of ketones is 2. The van der Waals surface area contributed by atoms with E-state index in [1.165, 1.54) is 11.0 Å². The molecule has 2 N–H and O–H groups in total. The molecule has 0 unspecified atom stereocenters. The van der Waals surface area contributed by atoms with E-state index in [2.05, 4.69) is 5.32 Å². The van der Waals surface area contributed by atoms with Crippen LogP contribution in [0.3, 0.4) is 0 Å². The van der Waals surface area contributed by atoms with Crippen LogP contribution in [0.2, 0.25) is 0 Å². The molecule has 42 heavy (non-hydrogen) atoms. The van der Waals surface area contributed by atoms with Crippen molar-refractivity contribution >= 4 is 40.4 Å². The van der Waals surface area contributed by atoms with Crippen LogP contribution in [0.1, 0.15) is 31.2 Å². The second kappa shape index (κ2) is 9.80. The number of imide groups is 1. The summed E-state index contributed by atoms with van der Waals surface area (Å²) < 4.78 is 0. The molecule has 1 heterocycles. The molecular weight excluding hydrogens is 528 g/mol. The van der Waals surface area contributed by atoms with Crippen LogP contribution in [0.15, 0.2) is 113 Å². The molecule has 0 spiro atoms. The van der Waals surface area contributed by atoms with E-state index < -0.39 is 23.7 Å². The zero-order valence-corrected chi connectivity index (χ0v) is 22.9. The first-order chi connectivity index (χ1) is 20.3. The first-order valence-electron chi connectivity index (χ1n) is 14.1. The molecule has 1 fully saturated rings. The van der Waals surface area contributed by atoms with E-state index in [9.17, 15) is 24.3 Å². The average Bonchev–Trinajstić information content (AvgIpc) is 3.25. The Morgan fingerprint density at radius 3 is 2.31 bits per heavy atom. The van der Waals surface area contributed by atoms with Crippen LogP contribution in [-0.4, -0.2) is 28.5 Å². The number of amides is 2. The summed E-state index contributed by atoms with van der Waals surface area (Å²) >= 11 is 0. The van der Waals surface area contributed by atoms with Crippen molar-refractivity contribution in [2.24, 2.45) is 17.8 Å². The van der Waals surface area contributed by atoms with Gasteiger partial charge in [0.1, 0.15) is 5.75 Å². The van der Waals surface area contributed by atoms with Gasteiger partial charge in [0, 0.05) is 34.0 Å². The Bertz CT molecular complexity index is 1770. The zero-order valence-electron chi connectivity index (χ0n) is 22.9. The van der Waals surface area contributed by atoms with Crippen molar-refractivity contribution in [3.05, 3.63) is 119 Å². The first kappa shape index (κ1) is 25.9. The quantitative estimate of drug-likeness (QED) is 0.240. The van der Waals surface area contributed by atoms with Gasteiger partial charge >= 0.3 is 0 Å². The van der Waals surface area contributed by atoms with Crippen molar-refractivity contribution in [1.82, 2.24) is 0 Å². The van der Waals surface area contributed by atoms with Crippen LogP contribution in [0.5, 0.6) is 5.75 Å². The maximum absolute atomic E-state index is 14.1. The molecule has 2 amide bonds. The van der Waals surface area contributed by atoms with Gasteiger partial charge in [-0.2, -0.15) is 0 Å². The summed E-state index contributed by atoms with van der Waals surface area (Å²) in [6, 6.07) is 23.6. The van der Waals surface area contributed by atoms with E-state index in [1.54, 1.807) is 37.3 Å². The van der Waals surface area contributed by atoms with Crippen LogP contribution in [-0.2, 0) is 19.2 Å². The standard InChI is InChI=1S/C35H28N2O5/c1-19-16-29(39)32-28(33(19)40)18-27-25(30(32)20-6-5-9-24(38)17-20)14-15-26-31(27)35(42)37(34(26)41)23-12-10-22(11-13-23)36-21-7-3-2-4-8-21/h2-14,16-17,26-27,30-31,36,38H,15,18H2,1H3/t26-,27+,30-,31-/m0/s1. The number of aromatic hydroxyl groups is 1. The number of phenols is 1. The second-order valence-corrected chi connectivity index (χ2v) is 11.4. The lowest BCUT2D eigenvalue weighted by atomic mass is 9.59. The fourth-order valence-electron chi connectivity index (χ4n) is 7.10. The number of phenolic OH excluding ortho intramolecular Hbond substituents is 1. The summed E-state index contributed by atoms with van der Waals surface area (Å²) in [5.74, 6) is -3.11. The molecule has 3 aliphatic carbocycles. The average molecular weight is 557 g/mol. The lowest BCUT2D eigenvalue weighted by Crippen LogP contribution is -2.39. The van der Waals surface area contributed by atoms with E-state index in [0.29, 0.717) is 34.4 Å². The highest BCUT2D eigenvalue weighted by Crippen LogP contribution is 2.55. The third-order valence-corrected chi connectivity index (χ3v) is 8.95. The Morgan fingerprint density at radius 2 is 1.57 bits per heavy atom. The molecule has 7 heteroatoms. The van der Waals surface area contributed by atoms with Gasteiger partial charge in [0.15, 0.2) is 11.6 Å². The number of hydrogen-bond acceptors (Lipinski definition) is 6. The number of para-hydroxylation sites is 1. The number of rotatable bonds is 4. The van der Waals surface area contributed by atoms with Crippen molar-refractivity contribution in [2.75, 3.05) is 10.2 Å². The summed E-state index contributed by atoms with van der Waals surface area (Å²) in [7, 11) is 0. The molecule has 208 valence electrons. The zero-order chi connectivity index (χ0) is 29.1. The van der Waals surface area contributed by atoms with E-state index >= 15 is 0 Å². The maximum atomic E-state index is 14.1. The smallest absolute Gasteiger partial charge is 0.238 e. The van der Waals surface area contributed by atoms with Gasteiger partial charge in [0.05, 0.1) is 17.5 Å². The molecule has 0 radical (unpaired) electrons. The van der Waals surface area contributed by atoms with Gasteiger partial charge in [0.2, 0.25) is 11.8 Å². The predicted molar refractivity (Wildman–Crippen MR) is 158 cm³/mol. The number of hydrogen-bond donors (Lipinski definition) is 2. The summed E-state index contributed by atoms with van der Waals surface area (Å²) in [5.41, 5.74) is 4.99. The van der Waals surface area contributed by atoms with Crippen LogP contribution >= 0.6 is 0 Å². The van der Waals surface area contributed by atoms with Gasteiger partial charge in [-0.05, 0) is 85.9 Å². The molecular formula is C35H28N2O5. The van der Waals surface area contributed by atoms with E-state index in [-0.39, 0.29) is 35.6 Å². The van der Waals surface area contributed by atoms with E-state index in [1.807, 2.05) is 54.6 Å². The maximum Gasteiger partial charge on any atom is 0.238 e. The molecule has 3 aromatic rings. The Labute approximate surface area is 242 Å². The van der Waals surface area contributed by atoms with Crippen LogP contribution in [0.25, 0.3) is 0 Å². The lowest BCUT2D eigenvalue weighted by molar-refractivity contribution is -0.123. The van der Waals surface area contributed by atoms with Crippen molar-refractivity contribution in [3.63, 3.8) is 0 Å². The minimum Gasteiger partial charge on any atom is -0.508 e. The summed E-state index contributed by atoms with van der Waals surface area (Å²) in [4.78, 5) is 55.8. The van der Waals surface area contributed by atoms with Gasteiger partial charge in [-0.3, -0.25) is 24.1 Å². The number of benzene rings is 3. The fourth-order valence-corrected chi connectivity index (χ4v) is 7.10. The second-order valence-electron chi connectivity index (χ2n) is 11.4. The third kappa shape index (κ3) is 4.04. The third-order valence-electron chi connectivity index (χ3n) is 8.95. The lowest BCUT2D eigenvalue weighted by Gasteiger charge is -2.42. The molecule has 3 aromatic carbocycles. The van der Waals surface area contributed by atoms with Gasteiger partial charge in [-0.15, -0.1) is 0 Å². The minimum atomic E-state index is -0.650. The van der Waals surface area contributed by atoms with E-state index in [4.69, 9.17) is 0 Å². The normalized spacial score (nSPS) is 25.0. The summed E-state index contributed by atoms with van der Waals surface area (Å²) in [5, 5.41) is 13.6. The van der Waals surface area contributed by atoms with Gasteiger partial charge < -0.3 is 10.4 Å². The van der Waals surface area contributed by atoms with Crippen LogP contribution < -0.4 is 10.2 Å². The molecule has 7 rings (SSSR count). The number of nitrogens with zero attached hydrogens (tertiary/aromatic N) is 1. The highest BCUT2D eigenvalue weighted by molar-refractivity contribution is 6.25. The SMILES string of the molecule is CC1=CC(=O)C2=C(C[C@@H]3C(=CC[C@@H]4C(=O)N(c5ccc(Nc6ccccc6)cc5)C(=O)[C@@H]43)[C@@H]2c2cccc(O)c2)C1=O. The summed E-state index contributed by atoms with van der Waals surface area (Å²) in [6.45, 7) is 1.63. The topological polar surface area (TPSA) is 104 Å². The number of nitrogens with one attached hydrogen (secondary N) is 1.